The number of carbonyl (C=O) groups is 1. The average Bonchev–Trinajstić information content (AvgIpc) is 2.59. The van der Waals surface area contributed by atoms with Crippen LogP contribution in [0.4, 0.5) is 4.39 Å². The van der Waals surface area contributed by atoms with Gasteiger partial charge in [-0.05, 0) is 25.0 Å². The first-order valence-corrected chi connectivity index (χ1v) is 7.98. The summed E-state index contributed by atoms with van der Waals surface area (Å²) in [7, 11) is 1.77. The first-order chi connectivity index (χ1) is 11.1. The van der Waals surface area contributed by atoms with Crippen LogP contribution in [0.25, 0.3) is 0 Å². The zero-order valence-corrected chi connectivity index (χ0v) is 13.4. The molecule has 1 fully saturated rings. The van der Waals surface area contributed by atoms with Gasteiger partial charge in [0.15, 0.2) is 6.61 Å². The highest BCUT2D eigenvalue weighted by atomic mass is 19.1. The number of benzene rings is 1. The number of ether oxygens (including phenoxy) is 1. The van der Waals surface area contributed by atoms with Crippen LogP contribution in [0.1, 0.15) is 43.2 Å². The number of nitrogens with zero attached hydrogens (tertiary/aromatic N) is 1. The van der Waals surface area contributed by atoms with Gasteiger partial charge in [-0.3, -0.25) is 4.79 Å². The number of hydrogen-bond acceptors (Lipinski definition) is 4. The molecule has 128 valence electrons. The summed E-state index contributed by atoms with van der Waals surface area (Å²) in [5.41, 5.74) is 0.448. The monoisotopic (exact) mass is 325 g/mol. The van der Waals surface area contributed by atoms with Crippen molar-refractivity contribution in [2.45, 2.75) is 51.4 Å². The fourth-order valence-corrected chi connectivity index (χ4v) is 3.04. The number of carbonyl (C=O) groups excluding carboxylic acids is 1. The molecule has 1 aliphatic carbocycles. The van der Waals surface area contributed by atoms with Gasteiger partial charge in [0.2, 0.25) is 0 Å². The number of amides is 1. The van der Waals surface area contributed by atoms with Crippen LogP contribution in [0.3, 0.4) is 0 Å². The maximum atomic E-state index is 13.4. The van der Waals surface area contributed by atoms with E-state index in [0.29, 0.717) is 0 Å². The molecule has 0 saturated heterocycles. The molecule has 0 bridgehead atoms. The van der Waals surface area contributed by atoms with Gasteiger partial charge in [-0.25, -0.2) is 4.39 Å². The van der Waals surface area contributed by atoms with E-state index < -0.39 is 19.0 Å². The molecular weight excluding hydrogens is 301 g/mol. The summed E-state index contributed by atoms with van der Waals surface area (Å²) in [6, 6.07) is 2.52. The maximum absolute atomic E-state index is 13.4. The van der Waals surface area contributed by atoms with Gasteiger partial charge in [0, 0.05) is 24.2 Å². The van der Waals surface area contributed by atoms with Crippen LogP contribution >= 0.6 is 0 Å². The molecule has 0 spiro atoms. The first kappa shape index (κ1) is 17.7. The van der Waals surface area contributed by atoms with Crippen molar-refractivity contribution in [1.29, 1.82) is 0 Å². The van der Waals surface area contributed by atoms with E-state index in [-0.39, 0.29) is 35.4 Å². The molecule has 0 unspecified atom stereocenters. The first-order valence-electron chi connectivity index (χ1n) is 7.98. The highest BCUT2D eigenvalue weighted by Crippen LogP contribution is 2.27. The lowest BCUT2D eigenvalue weighted by atomic mass is 9.94. The van der Waals surface area contributed by atoms with E-state index in [0.717, 1.165) is 37.8 Å². The van der Waals surface area contributed by atoms with Crippen molar-refractivity contribution in [3.8, 4) is 5.75 Å². The summed E-state index contributed by atoms with van der Waals surface area (Å²) < 4.78 is 18.9. The lowest BCUT2D eigenvalue weighted by Crippen LogP contribution is -2.40. The van der Waals surface area contributed by atoms with Gasteiger partial charge in [0.1, 0.15) is 11.6 Å². The fourth-order valence-electron chi connectivity index (χ4n) is 3.04. The Kier molecular flexibility index (Phi) is 6.36. The predicted octanol–water partition coefficient (Wildman–Crippen LogP) is 1.98. The Hall–Kier alpha value is -1.66. The van der Waals surface area contributed by atoms with Gasteiger partial charge in [-0.15, -0.1) is 0 Å². The molecule has 0 heterocycles. The second-order valence-corrected chi connectivity index (χ2v) is 5.95. The second kappa shape index (κ2) is 8.26. The summed E-state index contributed by atoms with van der Waals surface area (Å²) in [5, 5.41) is 18.6. The van der Waals surface area contributed by atoms with E-state index in [9.17, 15) is 19.4 Å². The van der Waals surface area contributed by atoms with Gasteiger partial charge in [-0.1, -0.05) is 19.3 Å². The maximum Gasteiger partial charge on any atom is 0.260 e. The van der Waals surface area contributed by atoms with Crippen LogP contribution in [-0.2, 0) is 18.0 Å². The van der Waals surface area contributed by atoms with E-state index in [1.165, 1.54) is 6.42 Å². The highest BCUT2D eigenvalue weighted by Gasteiger charge is 2.23. The molecule has 5 nitrogen and oxygen atoms in total. The lowest BCUT2D eigenvalue weighted by Gasteiger charge is -2.31. The molecule has 1 amide bonds. The van der Waals surface area contributed by atoms with Gasteiger partial charge in [-0.2, -0.15) is 0 Å². The van der Waals surface area contributed by atoms with Crippen molar-refractivity contribution in [2.24, 2.45) is 0 Å². The highest BCUT2D eigenvalue weighted by molar-refractivity contribution is 5.78. The Labute approximate surface area is 135 Å². The minimum Gasteiger partial charge on any atom is -0.483 e. The van der Waals surface area contributed by atoms with Crippen LogP contribution in [0, 0.1) is 5.82 Å². The molecule has 0 atom stereocenters. The van der Waals surface area contributed by atoms with Crippen LogP contribution in [0.5, 0.6) is 5.75 Å². The minimum absolute atomic E-state index is 0.158. The molecule has 6 heteroatoms. The molecule has 2 N–H and O–H groups in total. The molecule has 23 heavy (non-hydrogen) atoms. The summed E-state index contributed by atoms with van der Waals surface area (Å²) in [5.74, 6) is -0.535. The number of halogens is 1. The van der Waals surface area contributed by atoms with Gasteiger partial charge in [0.25, 0.3) is 5.91 Å². The fraction of sp³-hybridized carbons (Fsp3) is 0.588. The standard InChI is InChI=1S/C17H24FNO4/c1-19(15-5-3-2-4-6-15)16(22)11-23-17-12(9-20)7-14(18)8-13(17)10-21/h7-8,15,20-21H,2-6,9-11H2,1H3. The number of rotatable bonds is 6. The Morgan fingerprint density at radius 3 is 2.30 bits per heavy atom. The molecule has 1 aromatic rings. The number of aliphatic hydroxyl groups excluding tert-OH is 2. The molecule has 1 aliphatic rings. The molecule has 0 aromatic heterocycles. The Morgan fingerprint density at radius 1 is 1.22 bits per heavy atom. The smallest absolute Gasteiger partial charge is 0.260 e. The quantitative estimate of drug-likeness (QED) is 0.839. The van der Waals surface area contributed by atoms with Crippen LogP contribution in [0.2, 0.25) is 0 Å². The third kappa shape index (κ3) is 4.42. The number of aliphatic hydroxyl groups is 2. The van der Waals surface area contributed by atoms with Crippen LogP contribution in [-0.4, -0.2) is 40.7 Å². The third-order valence-electron chi connectivity index (χ3n) is 4.40. The van der Waals surface area contributed by atoms with Crippen molar-refractivity contribution in [2.75, 3.05) is 13.7 Å². The van der Waals surface area contributed by atoms with Gasteiger partial charge < -0.3 is 19.8 Å². The SMILES string of the molecule is CN(C(=O)COc1c(CO)cc(F)cc1CO)C1CCCCC1. The topological polar surface area (TPSA) is 70.0 Å². The number of hydrogen-bond donors (Lipinski definition) is 2. The summed E-state index contributed by atoms with van der Waals surface area (Å²) in [4.78, 5) is 14.0. The largest absolute Gasteiger partial charge is 0.483 e. The van der Waals surface area contributed by atoms with Crippen LogP contribution in [0.15, 0.2) is 12.1 Å². The summed E-state index contributed by atoms with van der Waals surface area (Å²) in [6.07, 6.45) is 5.48. The predicted molar refractivity (Wildman–Crippen MR) is 83.4 cm³/mol. The molecule has 0 aliphatic heterocycles. The van der Waals surface area contributed by atoms with E-state index >= 15 is 0 Å². The molecule has 1 aromatic carbocycles. The van der Waals surface area contributed by atoms with E-state index in [4.69, 9.17) is 4.74 Å². The normalized spacial score (nSPS) is 15.5. The van der Waals surface area contributed by atoms with Crippen molar-refractivity contribution < 1.29 is 24.1 Å². The van der Waals surface area contributed by atoms with Crippen molar-refractivity contribution >= 4 is 5.91 Å². The van der Waals surface area contributed by atoms with Crippen molar-refractivity contribution in [1.82, 2.24) is 4.90 Å². The summed E-state index contributed by atoms with van der Waals surface area (Å²) in [6.45, 7) is -1.04. The molecule has 2 rings (SSSR count). The van der Waals surface area contributed by atoms with Gasteiger partial charge >= 0.3 is 0 Å². The Bertz CT molecular complexity index is 518. The lowest BCUT2D eigenvalue weighted by molar-refractivity contribution is -0.134. The zero-order chi connectivity index (χ0) is 16.8. The molecule has 1 saturated carbocycles. The minimum atomic E-state index is -0.559. The number of likely N-dealkylation sites (N-methyl/N-ethyl adjacent to an activating group) is 1. The van der Waals surface area contributed by atoms with E-state index in [1.54, 1.807) is 11.9 Å². The van der Waals surface area contributed by atoms with E-state index in [1.807, 2.05) is 0 Å². The van der Waals surface area contributed by atoms with E-state index in [2.05, 4.69) is 0 Å². The zero-order valence-electron chi connectivity index (χ0n) is 13.4. The molecule has 0 radical (unpaired) electrons. The average molecular weight is 325 g/mol. The second-order valence-electron chi connectivity index (χ2n) is 5.95. The van der Waals surface area contributed by atoms with Crippen LogP contribution < -0.4 is 4.74 Å². The Balaban J connectivity index is 2.03. The van der Waals surface area contributed by atoms with Crippen molar-refractivity contribution in [3.63, 3.8) is 0 Å². The Morgan fingerprint density at radius 2 is 1.78 bits per heavy atom. The third-order valence-corrected chi connectivity index (χ3v) is 4.40. The van der Waals surface area contributed by atoms with Gasteiger partial charge in [0.05, 0.1) is 13.2 Å². The van der Waals surface area contributed by atoms with Crippen molar-refractivity contribution in [3.05, 3.63) is 29.1 Å². The summed E-state index contributed by atoms with van der Waals surface area (Å²) >= 11 is 0. The molecular formula is C17H24FNO4.